The minimum atomic E-state index is -3.08. The first-order chi connectivity index (χ1) is 41.9. The highest BCUT2D eigenvalue weighted by atomic mass is 16.8. The van der Waals surface area contributed by atoms with Gasteiger partial charge < -0.3 is 100 Å². The number of hydrogen-bond donors (Lipinski definition) is 14. The van der Waals surface area contributed by atoms with Gasteiger partial charge in [-0.3, -0.25) is 9.59 Å². The van der Waals surface area contributed by atoms with Gasteiger partial charge in [0.1, 0.15) is 67.1 Å². The van der Waals surface area contributed by atoms with E-state index >= 15 is 0 Å². The first-order valence-electron chi connectivity index (χ1n) is 33.9. The Morgan fingerprint density at radius 2 is 1.00 bits per heavy atom. The molecule has 3 aliphatic rings. The number of aliphatic carboxylic acids is 1. The van der Waals surface area contributed by atoms with E-state index < -0.39 is 148 Å². The largest absolute Gasteiger partial charge is 0.477 e. The fourth-order valence-corrected chi connectivity index (χ4v) is 12.1. The topological polar surface area (TPSA) is 373 Å². The smallest absolute Gasteiger partial charge is 0.364 e. The number of aliphatic hydroxyl groups excluding tert-OH is 11. The third kappa shape index (κ3) is 29.1. The number of aliphatic hydroxyl groups is 11. The van der Waals surface area contributed by atoms with Crippen LogP contribution in [0.15, 0.2) is 0 Å². The van der Waals surface area contributed by atoms with Crippen LogP contribution in [-0.4, -0.2) is 215 Å². The van der Waals surface area contributed by atoms with Crippen molar-refractivity contribution in [2.75, 3.05) is 26.4 Å². The SMILES string of the molecule is CCCCCCCCCCCCCCCCCCCC(=O)NC(COC1OC(CO)C(OC2OC(CO)C(O)C(OC3(C(=O)O)CC(O)C(NC(C)=O)C(C(O)C(O)CO)O3)C2O)C(O)C1O)C(O)CCCCCCCCCCCCCCCCCC. The lowest BCUT2D eigenvalue weighted by Crippen LogP contribution is -2.70. The zero-order valence-corrected chi connectivity index (χ0v) is 53.1. The van der Waals surface area contributed by atoms with Crippen molar-refractivity contribution >= 4 is 17.8 Å². The van der Waals surface area contributed by atoms with E-state index in [0.29, 0.717) is 19.3 Å². The fourth-order valence-electron chi connectivity index (χ4n) is 12.1. The van der Waals surface area contributed by atoms with Crippen LogP contribution in [-0.2, 0) is 42.8 Å². The van der Waals surface area contributed by atoms with E-state index in [1.54, 1.807) is 0 Å². The normalized spacial score (nSPS) is 29.1. The maximum Gasteiger partial charge on any atom is 0.364 e. The molecule has 23 heteroatoms. The van der Waals surface area contributed by atoms with Gasteiger partial charge in [0.25, 0.3) is 5.79 Å². The number of carbonyl (C=O) groups is 3. The average Bonchev–Trinajstić information content (AvgIpc) is 1.26. The van der Waals surface area contributed by atoms with E-state index in [4.69, 9.17) is 28.4 Å². The van der Waals surface area contributed by atoms with Crippen molar-refractivity contribution in [3.05, 3.63) is 0 Å². The molecule has 3 fully saturated rings. The average molecular weight is 1250 g/mol. The van der Waals surface area contributed by atoms with Crippen LogP contribution in [0.25, 0.3) is 0 Å². The highest BCUT2D eigenvalue weighted by Crippen LogP contribution is 2.39. The number of ether oxygens (including phenoxy) is 6. The zero-order chi connectivity index (χ0) is 64.0. The quantitative estimate of drug-likeness (QED) is 0.0342. The highest BCUT2D eigenvalue weighted by molar-refractivity contribution is 5.77. The van der Waals surface area contributed by atoms with Crippen molar-refractivity contribution in [2.45, 2.75) is 362 Å². The summed E-state index contributed by atoms with van der Waals surface area (Å²) in [4.78, 5) is 38.5. The summed E-state index contributed by atoms with van der Waals surface area (Å²) in [5, 5.41) is 136. The van der Waals surface area contributed by atoms with E-state index in [1.165, 1.54) is 154 Å². The molecule has 0 aromatic rings. The standard InChI is InChI=1S/C64H120N2O21/c1-4-6-8-10-12-14-16-18-20-22-24-26-28-30-32-34-36-38-51(74)66-45(46(71)37-35-33-31-29-27-25-23-21-19-17-15-13-11-9-7-5-2)43-82-61-56(78)55(77)58(50(42-69)84-61)85-62-57(79)60(54(76)49(41-68)83-62)87-64(63(80)81)39-47(72)52(65-44(3)70)59(86-64)53(75)48(73)40-67/h45-50,52-62,67-69,71-73,75-79H,4-43H2,1-3H3,(H,65,70)(H,66,74)(H,80,81). The second kappa shape index (κ2) is 45.9. The molecule has 3 heterocycles. The summed E-state index contributed by atoms with van der Waals surface area (Å²) in [6, 6.07) is -2.52. The Bertz CT molecular complexity index is 1780. The first-order valence-corrected chi connectivity index (χ1v) is 33.9. The molecule has 0 bridgehead atoms. The molecule has 3 rings (SSSR count). The summed E-state index contributed by atoms with van der Waals surface area (Å²) >= 11 is 0. The molecule has 0 aliphatic carbocycles. The Morgan fingerprint density at radius 3 is 1.44 bits per heavy atom. The molecule has 3 saturated heterocycles. The summed E-state index contributed by atoms with van der Waals surface area (Å²) in [5.41, 5.74) is 0. The Labute approximate surface area is 519 Å². The predicted molar refractivity (Wildman–Crippen MR) is 325 cm³/mol. The van der Waals surface area contributed by atoms with Gasteiger partial charge in [-0.15, -0.1) is 0 Å². The van der Waals surface area contributed by atoms with Gasteiger partial charge in [0, 0.05) is 19.8 Å². The number of amides is 2. The van der Waals surface area contributed by atoms with E-state index in [9.17, 15) is 75.7 Å². The molecule has 87 heavy (non-hydrogen) atoms. The number of carboxylic acid groups (broad SMARTS) is 1. The Morgan fingerprint density at radius 1 is 0.552 bits per heavy atom. The van der Waals surface area contributed by atoms with Crippen LogP contribution < -0.4 is 10.6 Å². The summed E-state index contributed by atoms with van der Waals surface area (Å²) in [7, 11) is 0. The van der Waals surface area contributed by atoms with Gasteiger partial charge in [0.15, 0.2) is 12.6 Å². The zero-order valence-electron chi connectivity index (χ0n) is 53.1. The van der Waals surface area contributed by atoms with Crippen molar-refractivity contribution in [3.8, 4) is 0 Å². The van der Waals surface area contributed by atoms with Crippen LogP contribution in [0.4, 0.5) is 0 Å². The second-order valence-electron chi connectivity index (χ2n) is 25.0. The van der Waals surface area contributed by atoms with Crippen LogP contribution >= 0.6 is 0 Å². The van der Waals surface area contributed by atoms with Gasteiger partial charge >= 0.3 is 5.97 Å². The van der Waals surface area contributed by atoms with Gasteiger partial charge in [-0.05, 0) is 12.8 Å². The molecule has 0 spiro atoms. The third-order valence-corrected chi connectivity index (χ3v) is 17.6. The van der Waals surface area contributed by atoms with Crippen molar-refractivity contribution < 1.29 is 104 Å². The Hall–Kier alpha value is -2.27. The summed E-state index contributed by atoms with van der Waals surface area (Å²) in [6.07, 6.45) is 11.0. The molecular formula is C64H120N2O21. The van der Waals surface area contributed by atoms with E-state index in [2.05, 4.69) is 24.5 Å². The van der Waals surface area contributed by atoms with Gasteiger partial charge in [0.2, 0.25) is 11.8 Å². The van der Waals surface area contributed by atoms with Crippen molar-refractivity contribution in [3.63, 3.8) is 0 Å². The molecule has 0 aromatic carbocycles. The van der Waals surface area contributed by atoms with Gasteiger partial charge in [-0.1, -0.05) is 219 Å². The number of carboxylic acids is 1. The molecule has 18 unspecified atom stereocenters. The lowest BCUT2D eigenvalue weighted by molar-refractivity contribution is -0.386. The van der Waals surface area contributed by atoms with E-state index in [0.717, 1.165) is 51.9 Å². The van der Waals surface area contributed by atoms with Gasteiger partial charge in [-0.25, -0.2) is 4.79 Å². The monoisotopic (exact) mass is 1250 g/mol. The molecule has 0 aromatic heterocycles. The summed E-state index contributed by atoms with van der Waals surface area (Å²) < 4.78 is 34.8. The number of unbranched alkanes of at least 4 members (excludes halogenated alkanes) is 31. The lowest BCUT2D eigenvalue weighted by Gasteiger charge is -2.50. The molecule has 0 radical (unpaired) electrons. The summed E-state index contributed by atoms with van der Waals surface area (Å²) in [5.74, 6) is -6.09. The fraction of sp³-hybridized carbons (Fsp3) is 0.953. The minimum absolute atomic E-state index is 0.229. The maximum atomic E-state index is 13.4. The van der Waals surface area contributed by atoms with E-state index in [1.807, 2.05) is 0 Å². The van der Waals surface area contributed by atoms with Crippen LogP contribution in [0, 0.1) is 0 Å². The Balaban J connectivity index is 1.61. The number of hydrogen-bond acceptors (Lipinski definition) is 20. The van der Waals surface area contributed by atoms with Crippen LogP contribution in [0.2, 0.25) is 0 Å². The molecule has 23 nitrogen and oxygen atoms in total. The van der Waals surface area contributed by atoms with Crippen molar-refractivity contribution in [1.82, 2.24) is 10.6 Å². The molecule has 512 valence electrons. The molecule has 0 saturated carbocycles. The molecule has 2 amide bonds. The molecule has 3 aliphatic heterocycles. The highest BCUT2D eigenvalue weighted by Gasteiger charge is 2.60. The molecular weight excluding hydrogens is 1130 g/mol. The second-order valence-corrected chi connectivity index (χ2v) is 25.0. The van der Waals surface area contributed by atoms with E-state index in [-0.39, 0.29) is 18.9 Å². The first kappa shape index (κ1) is 79.0. The van der Waals surface area contributed by atoms with Crippen molar-refractivity contribution in [2.24, 2.45) is 0 Å². The van der Waals surface area contributed by atoms with Crippen molar-refractivity contribution in [1.29, 1.82) is 0 Å². The third-order valence-electron chi connectivity index (χ3n) is 17.6. The van der Waals surface area contributed by atoms with Crippen LogP contribution in [0.3, 0.4) is 0 Å². The number of carbonyl (C=O) groups excluding carboxylic acids is 2. The Kier molecular flexibility index (Phi) is 41.7. The number of nitrogens with one attached hydrogen (secondary N) is 2. The predicted octanol–water partition coefficient (Wildman–Crippen LogP) is 5.34. The number of rotatable bonds is 51. The minimum Gasteiger partial charge on any atom is -0.477 e. The maximum absolute atomic E-state index is 13.4. The van der Waals surface area contributed by atoms with Crippen LogP contribution in [0.5, 0.6) is 0 Å². The lowest BCUT2D eigenvalue weighted by atomic mass is 9.88. The van der Waals surface area contributed by atoms with Gasteiger partial charge in [0.05, 0.1) is 50.7 Å². The summed E-state index contributed by atoms with van der Waals surface area (Å²) in [6.45, 7) is 2.21. The molecule has 18 atom stereocenters. The molecule has 14 N–H and O–H groups in total. The van der Waals surface area contributed by atoms with Crippen LogP contribution in [0.1, 0.15) is 252 Å². The van der Waals surface area contributed by atoms with Gasteiger partial charge in [-0.2, -0.15) is 0 Å².